The first-order chi connectivity index (χ1) is 9.40. The van der Waals surface area contributed by atoms with Crippen LogP contribution in [0.2, 0.25) is 0 Å². The third kappa shape index (κ3) is 4.80. The van der Waals surface area contributed by atoms with Crippen LogP contribution in [0.5, 0.6) is 5.75 Å². The van der Waals surface area contributed by atoms with Crippen molar-refractivity contribution < 1.29 is 9.47 Å². The van der Waals surface area contributed by atoms with Crippen molar-refractivity contribution in [2.24, 2.45) is 0 Å². The third-order valence-corrected chi connectivity index (χ3v) is 3.40. The van der Waals surface area contributed by atoms with E-state index in [1.165, 1.54) is 5.56 Å². The van der Waals surface area contributed by atoms with Crippen molar-refractivity contribution in [2.45, 2.75) is 58.8 Å². The van der Waals surface area contributed by atoms with Crippen molar-refractivity contribution in [1.82, 2.24) is 5.32 Å². The van der Waals surface area contributed by atoms with Crippen molar-refractivity contribution in [3.63, 3.8) is 0 Å². The van der Waals surface area contributed by atoms with Crippen LogP contribution in [0.1, 0.15) is 52.6 Å². The SMILES string of the molecule is CCCNC(c1ccc(OC(C)C)cc1)C(C)(C)OC. The van der Waals surface area contributed by atoms with Gasteiger partial charge in [0.25, 0.3) is 0 Å². The number of ether oxygens (including phenoxy) is 2. The summed E-state index contributed by atoms with van der Waals surface area (Å²) in [7, 11) is 1.76. The van der Waals surface area contributed by atoms with E-state index in [1.54, 1.807) is 7.11 Å². The van der Waals surface area contributed by atoms with Crippen molar-refractivity contribution in [3.05, 3.63) is 29.8 Å². The minimum Gasteiger partial charge on any atom is -0.491 e. The lowest BCUT2D eigenvalue weighted by molar-refractivity contribution is -0.0110. The lowest BCUT2D eigenvalue weighted by Crippen LogP contribution is -2.41. The van der Waals surface area contributed by atoms with Crippen LogP contribution in [0.4, 0.5) is 0 Å². The molecule has 0 spiro atoms. The molecule has 1 atom stereocenters. The highest BCUT2D eigenvalue weighted by atomic mass is 16.5. The number of benzene rings is 1. The van der Waals surface area contributed by atoms with Crippen molar-refractivity contribution >= 4 is 0 Å². The average molecular weight is 279 g/mol. The summed E-state index contributed by atoms with van der Waals surface area (Å²) in [5.74, 6) is 0.910. The minimum atomic E-state index is -0.254. The summed E-state index contributed by atoms with van der Waals surface area (Å²) in [6.07, 6.45) is 1.30. The minimum absolute atomic E-state index is 0.167. The summed E-state index contributed by atoms with van der Waals surface area (Å²) in [4.78, 5) is 0. The Morgan fingerprint density at radius 2 is 1.75 bits per heavy atom. The Hall–Kier alpha value is -1.06. The van der Waals surface area contributed by atoms with Gasteiger partial charge in [-0.1, -0.05) is 19.1 Å². The molecule has 0 fully saturated rings. The predicted molar refractivity (Wildman–Crippen MR) is 84.3 cm³/mol. The quantitative estimate of drug-likeness (QED) is 0.782. The first-order valence-electron chi connectivity index (χ1n) is 7.45. The Bertz CT molecular complexity index is 384. The van der Waals surface area contributed by atoms with Crippen molar-refractivity contribution in [3.8, 4) is 5.75 Å². The summed E-state index contributed by atoms with van der Waals surface area (Å²) >= 11 is 0. The van der Waals surface area contributed by atoms with E-state index in [4.69, 9.17) is 9.47 Å². The van der Waals surface area contributed by atoms with Gasteiger partial charge in [0.05, 0.1) is 17.7 Å². The van der Waals surface area contributed by atoms with E-state index < -0.39 is 0 Å². The molecule has 1 rings (SSSR count). The summed E-state index contributed by atoms with van der Waals surface area (Å²) < 4.78 is 11.3. The summed E-state index contributed by atoms with van der Waals surface area (Å²) in [6, 6.07) is 8.46. The van der Waals surface area contributed by atoms with Crippen LogP contribution in [0, 0.1) is 0 Å². The standard InChI is InChI=1S/C17H29NO2/c1-7-12-18-16(17(4,5)19-6)14-8-10-15(11-9-14)20-13(2)3/h8-11,13,16,18H,7,12H2,1-6H3. The Morgan fingerprint density at radius 3 is 2.20 bits per heavy atom. The molecule has 0 aromatic heterocycles. The van der Waals surface area contributed by atoms with E-state index in [1.807, 2.05) is 26.0 Å². The molecule has 0 aliphatic carbocycles. The molecule has 0 heterocycles. The van der Waals surface area contributed by atoms with Crippen LogP contribution in [-0.4, -0.2) is 25.4 Å². The zero-order valence-corrected chi connectivity index (χ0v) is 13.7. The molecule has 0 bridgehead atoms. The van der Waals surface area contributed by atoms with Gasteiger partial charge in [0, 0.05) is 7.11 Å². The van der Waals surface area contributed by atoms with E-state index in [0.717, 1.165) is 18.7 Å². The fourth-order valence-electron chi connectivity index (χ4n) is 2.18. The molecule has 1 N–H and O–H groups in total. The first kappa shape index (κ1) is 17.0. The van der Waals surface area contributed by atoms with Crippen molar-refractivity contribution in [1.29, 1.82) is 0 Å². The van der Waals surface area contributed by atoms with Gasteiger partial charge < -0.3 is 14.8 Å². The second-order valence-corrected chi connectivity index (χ2v) is 5.93. The lowest BCUT2D eigenvalue weighted by Gasteiger charge is -2.34. The Kier molecular flexibility index (Phi) is 6.50. The molecular weight excluding hydrogens is 250 g/mol. The molecule has 114 valence electrons. The molecule has 1 unspecified atom stereocenters. The zero-order valence-electron chi connectivity index (χ0n) is 13.7. The predicted octanol–water partition coefficient (Wildman–Crippen LogP) is 3.94. The lowest BCUT2D eigenvalue weighted by atomic mass is 9.91. The van der Waals surface area contributed by atoms with Crippen LogP contribution in [0.25, 0.3) is 0 Å². The van der Waals surface area contributed by atoms with Crippen LogP contribution in [0.15, 0.2) is 24.3 Å². The number of hydrogen-bond acceptors (Lipinski definition) is 3. The number of hydrogen-bond donors (Lipinski definition) is 1. The number of methoxy groups -OCH3 is 1. The van der Waals surface area contributed by atoms with E-state index in [-0.39, 0.29) is 17.7 Å². The van der Waals surface area contributed by atoms with E-state index in [0.29, 0.717) is 0 Å². The smallest absolute Gasteiger partial charge is 0.119 e. The van der Waals surface area contributed by atoms with Crippen LogP contribution in [0.3, 0.4) is 0 Å². The van der Waals surface area contributed by atoms with Gasteiger partial charge in [-0.15, -0.1) is 0 Å². The molecule has 3 nitrogen and oxygen atoms in total. The second kappa shape index (κ2) is 7.65. The molecule has 0 radical (unpaired) electrons. The van der Waals surface area contributed by atoms with E-state index in [2.05, 4.69) is 38.2 Å². The van der Waals surface area contributed by atoms with Gasteiger partial charge in [0.2, 0.25) is 0 Å². The van der Waals surface area contributed by atoms with Crippen LogP contribution in [-0.2, 0) is 4.74 Å². The largest absolute Gasteiger partial charge is 0.491 e. The van der Waals surface area contributed by atoms with E-state index in [9.17, 15) is 0 Å². The summed E-state index contributed by atoms with van der Waals surface area (Å²) in [5, 5.41) is 3.57. The zero-order chi connectivity index (χ0) is 15.2. The Morgan fingerprint density at radius 1 is 1.15 bits per heavy atom. The van der Waals surface area contributed by atoms with Crippen molar-refractivity contribution in [2.75, 3.05) is 13.7 Å². The molecule has 0 amide bonds. The summed E-state index contributed by atoms with van der Waals surface area (Å²) in [5.41, 5.74) is 0.969. The van der Waals surface area contributed by atoms with Gasteiger partial charge in [-0.2, -0.15) is 0 Å². The molecule has 1 aromatic rings. The monoisotopic (exact) mass is 279 g/mol. The Labute approximate surface area is 123 Å². The third-order valence-electron chi connectivity index (χ3n) is 3.40. The molecule has 0 aliphatic rings. The summed E-state index contributed by atoms with van der Waals surface area (Å²) in [6.45, 7) is 11.4. The molecule has 0 saturated heterocycles. The van der Waals surface area contributed by atoms with Gasteiger partial charge in [-0.25, -0.2) is 0 Å². The van der Waals surface area contributed by atoms with Gasteiger partial charge in [-0.05, 0) is 58.4 Å². The highest BCUT2D eigenvalue weighted by molar-refractivity contribution is 5.30. The van der Waals surface area contributed by atoms with Crippen LogP contribution < -0.4 is 10.1 Å². The normalized spacial score (nSPS) is 13.6. The fourth-order valence-corrected chi connectivity index (χ4v) is 2.18. The molecule has 20 heavy (non-hydrogen) atoms. The highest BCUT2D eigenvalue weighted by Gasteiger charge is 2.30. The van der Waals surface area contributed by atoms with Gasteiger partial charge in [-0.3, -0.25) is 0 Å². The van der Waals surface area contributed by atoms with E-state index >= 15 is 0 Å². The maximum Gasteiger partial charge on any atom is 0.119 e. The fraction of sp³-hybridized carbons (Fsp3) is 0.647. The molecule has 0 aliphatic heterocycles. The van der Waals surface area contributed by atoms with Gasteiger partial charge >= 0.3 is 0 Å². The number of nitrogens with one attached hydrogen (secondary N) is 1. The Balaban J connectivity index is 2.90. The van der Waals surface area contributed by atoms with Gasteiger partial charge in [0.1, 0.15) is 5.75 Å². The maximum absolute atomic E-state index is 5.69. The molecule has 1 aromatic carbocycles. The molecule has 0 saturated carbocycles. The first-order valence-corrected chi connectivity index (χ1v) is 7.45. The maximum atomic E-state index is 5.69. The molecule has 3 heteroatoms. The highest BCUT2D eigenvalue weighted by Crippen LogP contribution is 2.29. The topological polar surface area (TPSA) is 30.5 Å². The second-order valence-electron chi connectivity index (χ2n) is 5.93. The number of rotatable bonds is 8. The van der Waals surface area contributed by atoms with Gasteiger partial charge in [0.15, 0.2) is 0 Å². The van der Waals surface area contributed by atoms with Crippen LogP contribution >= 0.6 is 0 Å². The average Bonchev–Trinajstić information content (AvgIpc) is 2.40. The molecular formula is C17H29NO2.